The fraction of sp³-hybridized carbons (Fsp3) is 0.367. The maximum atomic E-state index is 15.4. The van der Waals surface area contributed by atoms with Gasteiger partial charge in [-0.05, 0) is 54.2 Å². The summed E-state index contributed by atoms with van der Waals surface area (Å²) in [6, 6.07) is 2.72. The SMILES string of the molecule is COCC[C@@H]1C(=O)N2CC(c3ncc(-c4ccc(N)nc4F)[nH]3)C3=C(CN=CC(Cl)=C4C(F)=CC(=O)C=C43)C2C12CC2. The van der Waals surface area contributed by atoms with Crippen molar-refractivity contribution in [3.05, 3.63) is 75.4 Å². The number of hydrogen-bond donors (Lipinski definition) is 2. The first-order valence-electron chi connectivity index (χ1n) is 13.8. The third-order valence-corrected chi connectivity index (χ3v) is 9.40. The summed E-state index contributed by atoms with van der Waals surface area (Å²) in [6.45, 7) is 0.894. The summed E-state index contributed by atoms with van der Waals surface area (Å²) in [5.41, 5.74) is 7.82. The molecule has 5 heterocycles. The van der Waals surface area contributed by atoms with Gasteiger partial charge in [0, 0.05) is 49.5 Å². The molecule has 2 fully saturated rings. The van der Waals surface area contributed by atoms with E-state index >= 15 is 4.39 Å². The lowest BCUT2D eigenvalue weighted by atomic mass is 9.72. The molecule has 1 saturated carbocycles. The zero-order valence-electron chi connectivity index (χ0n) is 22.7. The molecule has 7 rings (SSSR count). The summed E-state index contributed by atoms with van der Waals surface area (Å²) in [7, 11) is 1.62. The average Bonchev–Trinajstić information content (AvgIpc) is 3.51. The van der Waals surface area contributed by atoms with E-state index in [2.05, 4.69) is 19.9 Å². The van der Waals surface area contributed by atoms with E-state index in [4.69, 9.17) is 22.1 Å². The molecule has 2 unspecified atom stereocenters. The number of anilines is 1. The molecule has 1 saturated heterocycles. The standard InChI is InChI=1S/C30H27ClF2N6O3/c1-42-7-4-19-29(41)39-13-18(28-36-12-22(37-28)15-2-3-23(34)38-27(15)33)24-16-8-14(40)9-21(32)25(16)20(31)11-35-10-17(24)26(39)30(19)5-6-30/h2-3,8-9,11-12,18-19,26H,4-7,10,13H2,1H3,(H2,34,38)(H,36,37)/t18?,19-,26?/m1/s1. The van der Waals surface area contributed by atoms with Crippen LogP contribution in [0.15, 0.2) is 68.6 Å². The van der Waals surface area contributed by atoms with Crippen LogP contribution in [0.3, 0.4) is 0 Å². The number of nitrogens with zero attached hydrogens (tertiary/aromatic N) is 4. The van der Waals surface area contributed by atoms with Crippen molar-refractivity contribution in [3.8, 4) is 11.3 Å². The largest absolute Gasteiger partial charge is 0.385 e. The van der Waals surface area contributed by atoms with Crippen molar-refractivity contribution in [1.82, 2.24) is 19.9 Å². The Hall–Kier alpha value is -3.96. The van der Waals surface area contributed by atoms with E-state index in [0.717, 1.165) is 24.5 Å². The van der Waals surface area contributed by atoms with Gasteiger partial charge in [0.25, 0.3) is 0 Å². The van der Waals surface area contributed by atoms with Crippen LogP contribution in [0.4, 0.5) is 14.6 Å². The number of amides is 1. The van der Waals surface area contributed by atoms with Gasteiger partial charge in [0.2, 0.25) is 11.9 Å². The smallest absolute Gasteiger partial charge is 0.226 e. The first-order chi connectivity index (χ1) is 20.2. The minimum absolute atomic E-state index is 0.0336. The molecule has 5 aliphatic rings. The topological polar surface area (TPSA) is 127 Å². The number of nitrogens with two attached hydrogens (primary N) is 1. The number of aromatic nitrogens is 3. The van der Waals surface area contributed by atoms with Crippen LogP contribution in [0.2, 0.25) is 0 Å². The highest BCUT2D eigenvalue weighted by Gasteiger charge is 2.67. The van der Waals surface area contributed by atoms with Crippen molar-refractivity contribution in [2.75, 3.05) is 32.5 Å². The van der Waals surface area contributed by atoms with Gasteiger partial charge >= 0.3 is 0 Å². The Balaban J connectivity index is 1.42. The van der Waals surface area contributed by atoms with E-state index in [1.54, 1.807) is 7.11 Å². The molecular formula is C30H27ClF2N6O3. The number of pyridine rings is 1. The second-order valence-corrected chi connectivity index (χ2v) is 11.8. The second kappa shape index (κ2) is 9.81. The van der Waals surface area contributed by atoms with Crippen molar-refractivity contribution >= 4 is 35.3 Å². The van der Waals surface area contributed by atoms with Crippen LogP contribution in [-0.4, -0.2) is 70.6 Å². The monoisotopic (exact) mass is 592 g/mol. The number of imidazole rings is 1. The van der Waals surface area contributed by atoms with Crippen LogP contribution >= 0.6 is 11.6 Å². The lowest BCUT2D eigenvalue weighted by molar-refractivity contribution is -0.132. The highest BCUT2D eigenvalue weighted by molar-refractivity contribution is 6.40. The van der Waals surface area contributed by atoms with Gasteiger partial charge < -0.3 is 20.4 Å². The van der Waals surface area contributed by atoms with E-state index in [1.807, 2.05) is 4.90 Å². The molecule has 12 heteroatoms. The number of nitrogen functional groups attached to an aromatic ring is 1. The molecule has 42 heavy (non-hydrogen) atoms. The Kier molecular flexibility index (Phi) is 6.28. The number of H-pyrrole nitrogens is 1. The zero-order chi connectivity index (χ0) is 29.3. The van der Waals surface area contributed by atoms with Gasteiger partial charge in [-0.15, -0.1) is 0 Å². The Morgan fingerprint density at radius 3 is 2.79 bits per heavy atom. The minimum Gasteiger partial charge on any atom is -0.385 e. The van der Waals surface area contributed by atoms with Crippen LogP contribution in [0, 0.1) is 17.3 Å². The second-order valence-electron chi connectivity index (χ2n) is 11.4. The molecule has 2 aromatic rings. The van der Waals surface area contributed by atoms with Crippen LogP contribution in [-0.2, 0) is 14.3 Å². The molecule has 2 aromatic heterocycles. The fourth-order valence-corrected chi connectivity index (χ4v) is 7.52. The third-order valence-electron chi connectivity index (χ3n) is 9.12. The van der Waals surface area contributed by atoms with E-state index in [0.29, 0.717) is 35.7 Å². The minimum atomic E-state index is -0.759. The number of rotatable bonds is 5. The number of ether oxygens (including phenoxy) is 1. The highest BCUT2D eigenvalue weighted by atomic mass is 35.5. The van der Waals surface area contributed by atoms with E-state index in [1.165, 1.54) is 30.6 Å². The number of aliphatic imine (C=N–C) groups is 1. The van der Waals surface area contributed by atoms with Crippen molar-refractivity contribution in [2.24, 2.45) is 16.3 Å². The van der Waals surface area contributed by atoms with Crippen LogP contribution in [0.5, 0.6) is 0 Å². The lowest BCUT2D eigenvalue weighted by Gasteiger charge is -2.42. The molecular weight excluding hydrogens is 566 g/mol. The summed E-state index contributed by atoms with van der Waals surface area (Å²) < 4.78 is 35.5. The zero-order valence-corrected chi connectivity index (χ0v) is 23.4. The molecule has 216 valence electrons. The molecule has 0 bridgehead atoms. The maximum absolute atomic E-state index is 15.4. The number of halogens is 3. The molecule has 3 aliphatic heterocycles. The first-order valence-corrected chi connectivity index (χ1v) is 14.1. The third kappa shape index (κ3) is 4.01. The molecule has 3 N–H and O–H groups in total. The van der Waals surface area contributed by atoms with Crippen LogP contribution in [0.25, 0.3) is 11.3 Å². The van der Waals surface area contributed by atoms with Gasteiger partial charge in [-0.25, -0.2) is 14.4 Å². The predicted octanol–water partition coefficient (Wildman–Crippen LogP) is 4.17. The maximum Gasteiger partial charge on any atom is 0.226 e. The Labute approximate surface area is 244 Å². The Bertz CT molecular complexity index is 1700. The van der Waals surface area contributed by atoms with Crippen molar-refractivity contribution < 1.29 is 23.1 Å². The molecule has 0 aromatic carbocycles. The van der Waals surface area contributed by atoms with Crippen molar-refractivity contribution in [1.29, 1.82) is 0 Å². The number of fused-ring (bicyclic) bond motifs is 5. The van der Waals surface area contributed by atoms with Crippen LogP contribution < -0.4 is 5.73 Å². The number of carbonyl (C=O) groups excluding carboxylic acids is 2. The number of ketones is 1. The number of aromatic amines is 1. The molecule has 3 atom stereocenters. The van der Waals surface area contributed by atoms with E-state index < -0.39 is 23.5 Å². The van der Waals surface area contributed by atoms with Crippen LogP contribution in [0.1, 0.15) is 31.0 Å². The molecule has 1 amide bonds. The average molecular weight is 593 g/mol. The first kappa shape index (κ1) is 26.9. The number of methoxy groups -OCH3 is 1. The van der Waals surface area contributed by atoms with Gasteiger partial charge in [-0.2, -0.15) is 4.39 Å². The molecule has 2 aliphatic carbocycles. The van der Waals surface area contributed by atoms with Gasteiger partial charge in [-0.1, -0.05) is 11.6 Å². The molecule has 0 radical (unpaired) electrons. The summed E-state index contributed by atoms with van der Waals surface area (Å²) in [4.78, 5) is 44.7. The number of hydrogen-bond acceptors (Lipinski definition) is 7. The highest BCUT2D eigenvalue weighted by Crippen LogP contribution is 2.65. The number of carbonyl (C=O) groups is 2. The summed E-state index contributed by atoms with van der Waals surface area (Å²) >= 11 is 6.55. The Morgan fingerprint density at radius 1 is 1.24 bits per heavy atom. The molecule has 1 spiro atoms. The van der Waals surface area contributed by atoms with Gasteiger partial charge in [0.05, 0.1) is 41.0 Å². The number of allylic oxidation sites excluding steroid dienone is 6. The van der Waals surface area contributed by atoms with E-state index in [9.17, 15) is 14.0 Å². The van der Waals surface area contributed by atoms with Crippen molar-refractivity contribution in [2.45, 2.75) is 31.2 Å². The predicted molar refractivity (Wildman–Crippen MR) is 152 cm³/mol. The Morgan fingerprint density at radius 2 is 2.05 bits per heavy atom. The lowest BCUT2D eigenvalue weighted by Crippen LogP contribution is -2.46. The summed E-state index contributed by atoms with van der Waals surface area (Å²) in [5.74, 6) is -2.34. The van der Waals surface area contributed by atoms with E-state index in [-0.39, 0.29) is 58.4 Å². The quantitative estimate of drug-likeness (QED) is 0.502. The normalized spacial score (nSPS) is 26.1. The van der Waals surface area contributed by atoms with Gasteiger partial charge in [0.1, 0.15) is 17.5 Å². The summed E-state index contributed by atoms with van der Waals surface area (Å²) in [6.07, 6.45) is 7.51. The van der Waals surface area contributed by atoms with Gasteiger partial charge in [0.15, 0.2) is 5.78 Å². The number of nitrogens with one attached hydrogen (secondary N) is 1. The fourth-order valence-electron chi connectivity index (χ4n) is 7.26. The molecule has 9 nitrogen and oxygen atoms in total. The van der Waals surface area contributed by atoms with Gasteiger partial charge in [-0.3, -0.25) is 14.6 Å². The van der Waals surface area contributed by atoms with Crippen molar-refractivity contribution in [3.63, 3.8) is 0 Å². The summed E-state index contributed by atoms with van der Waals surface area (Å²) in [5, 5.41) is 0.0759.